The molecule has 5 amide bonds. The fraction of sp³-hybridized carbons (Fsp3) is 0.818. The van der Waals surface area contributed by atoms with E-state index in [2.05, 4.69) is 12.2 Å². The van der Waals surface area contributed by atoms with Crippen molar-refractivity contribution in [3.05, 3.63) is 0 Å². The normalized spacial score (nSPS) is 21.4. The Bertz CT molecular complexity index is 666. The van der Waals surface area contributed by atoms with Crippen molar-refractivity contribution in [2.24, 2.45) is 5.92 Å². The molecule has 168 valence electrons. The van der Waals surface area contributed by atoms with E-state index in [1.165, 1.54) is 4.90 Å². The van der Waals surface area contributed by atoms with Crippen molar-refractivity contribution in [3.63, 3.8) is 0 Å². The van der Waals surface area contributed by atoms with Gasteiger partial charge in [0.1, 0.15) is 5.54 Å². The number of piperidine rings is 1. The molecule has 0 radical (unpaired) electrons. The summed E-state index contributed by atoms with van der Waals surface area (Å²) >= 11 is 0. The lowest BCUT2D eigenvalue weighted by Crippen LogP contribution is -2.44. The van der Waals surface area contributed by atoms with Gasteiger partial charge in [0.15, 0.2) is 0 Å². The highest BCUT2D eigenvalue weighted by Crippen LogP contribution is 2.35. The Morgan fingerprint density at radius 2 is 1.80 bits per heavy atom. The molecule has 1 saturated carbocycles. The molecule has 3 rings (SSSR count). The van der Waals surface area contributed by atoms with E-state index in [-0.39, 0.29) is 36.2 Å². The van der Waals surface area contributed by atoms with Crippen LogP contribution in [0.2, 0.25) is 0 Å². The van der Waals surface area contributed by atoms with Crippen LogP contribution in [0.15, 0.2) is 0 Å². The fourth-order valence-electron chi connectivity index (χ4n) is 4.94. The molecule has 3 aliphatic rings. The Labute approximate surface area is 179 Å². The Balaban J connectivity index is 1.39. The first-order valence-corrected chi connectivity index (χ1v) is 11.5. The molecule has 0 bridgehead atoms. The summed E-state index contributed by atoms with van der Waals surface area (Å²) in [6.07, 6.45) is 7.65. The van der Waals surface area contributed by atoms with Crippen LogP contribution in [-0.2, 0) is 14.4 Å². The molecule has 1 spiro atoms. The molecule has 2 saturated heterocycles. The zero-order chi connectivity index (χ0) is 21.7. The molecule has 3 fully saturated rings. The lowest BCUT2D eigenvalue weighted by molar-refractivity contribution is -0.140. The highest BCUT2D eigenvalue weighted by molar-refractivity contribution is 6.07. The van der Waals surface area contributed by atoms with Crippen molar-refractivity contribution in [2.75, 3.05) is 33.2 Å². The molecule has 30 heavy (non-hydrogen) atoms. The number of hydrogen-bond acceptors (Lipinski definition) is 4. The van der Waals surface area contributed by atoms with Crippen LogP contribution in [0.1, 0.15) is 71.1 Å². The van der Waals surface area contributed by atoms with E-state index in [9.17, 15) is 19.2 Å². The number of urea groups is 1. The van der Waals surface area contributed by atoms with E-state index in [1.54, 1.807) is 0 Å². The maximum absolute atomic E-state index is 12.6. The maximum atomic E-state index is 12.6. The summed E-state index contributed by atoms with van der Waals surface area (Å²) in [7, 11) is 1.86. The first-order valence-electron chi connectivity index (χ1n) is 11.5. The minimum Gasteiger partial charge on any atom is -0.346 e. The van der Waals surface area contributed by atoms with Gasteiger partial charge in [-0.2, -0.15) is 0 Å². The van der Waals surface area contributed by atoms with Crippen LogP contribution in [0.3, 0.4) is 0 Å². The molecule has 2 heterocycles. The zero-order valence-electron chi connectivity index (χ0n) is 18.5. The van der Waals surface area contributed by atoms with E-state index >= 15 is 0 Å². The van der Waals surface area contributed by atoms with E-state index in [4.69, 9.17) is 0 Å². The van der Waals surface area contributed by atoms with Gasteiger partial charge in [0, 0.05) is 45.6 Å². The Morgan fingerprint density at radius 1 is 1.13 bits per heavy atom. The van der Waals surface area contributed by atoms with Crippen LogP contribution < -0.4 is 5.32 Å². The third-order valence-electron chi connectivity index (χ3n) is 6.90. The van der Waals surface area contributed by atoms with Gasteiger partial charge in [0.05, 0.1) is 0 Å². The summed E-state index contributed by atoms with van der Waals surface area (Å²) in [4.78, 5) is 54.9. The van der Waals surface area contributed by atoms with Crippen molar-refractivity contribution < 1.29 is 19.2 Å². The molecule has 2 aliphatic heterocycles. The second-order valence-electron chi connectivity index (χ2n) is 9.05. The average molecular weight is 421 g/mol. The first kappa shape index (κ1) is 22.6. The molecule has 0 aromatic heterocycles. The van der Waals surface area contributed by atoms with Gasteiger partial charge in [0.2, 0.25) is 11.8 Å². The van der Waals surface area contributed by atoms with Crippen molar-refractivity contribution in [1.29, 1.82) is 0 Å². The molecular formula is C22H36N4O4. The van der Waals surface area contributed by atoms with Gasteiger partial charge in [-0.15, -0.1) is 0 Å². The molecular weight excluding hydrogens is 384 g/mol. The van der Waals surface area contributed by atoms with Crippen molar-refractivity contribution >= 4 is 23.8 Å². The number of hydrogen-bond donors (Lipinski definition) is 1. The molecule has 1 aliphatic carbocycles. The average Bonchev–Trinajstić information content (AvgIpc) is 3.31. The summed E-state index contributed by atoms with van der Waals surface area (Å²) in [6.45, 7) is 4.39. The van der Waals surface area contributed by atoms with Crippen LogP contribution in [-0.4, -0.2) is 77.2 Å². The Kier molecular flexibility index (Phi) is 7.36. The number of carbonyl (C=O) groups excluding carboxylic acids is 4. The zero-order valence-corrected chi connectivity index (χ0v) is 18.5. The van der Waals surface area contributed by atoms with Crippen LogP contribution in [0.4, 0.5) is 4.79 Å². The predicted molar refractivity (Wildman–Crippen MR) is 113 cm³/mol. The van der Waals surface area contributed by atoms with Crippen molar-refractivity contribution in [1.82, 2.24) is 20.0 Å². The van der Waals surface area contributed by atoms with Gasteiger partial charge in [-0.1, -0.05) is 26.2 Å². The van der Waals surface area contributed by atoms with Gasteiger partial charge < -0.3 is 15.1 Å². The van der Waals surface area contributed by atoms with Gasteiger partial charge in [0.25, 0.3) is 5.91 Å². The number of carbonyl (C=O) groups is 4. The monoisotopic (exact) mass is 420 g/mol. The fourth-order valence-corrected chi connectivity index (χ4v) is 4.94. The largest absolute Gasteiger partial charge is 0.346 e. The number of imide groups is 1. The highest BCUT2D eigenvalue weighted by Gasteiger charge is 2.52. The molecule has 0 unspecified atom stereocenters. The summed E-state index contributed by atoms with van der Waals surface area (Å²) < 4.78 is 0. The second-order valence-corrected chi connectivity index (χ2v) is 9.05. The number of nitrogens with zero attached hydrogens (tertiary/aromatic N) is 3. The van der Waals surface area contributed by atoms with Crippen LogP contribution in [0.5, 0.6) is 0 Å². The second kappa shape index (κ2) is 9.79. The SMILES string of the molecule is CCCCN(C)C(=O)C1CCN(C(=O)CCCN2C(=O)NC3(CCCC3)C2=O)CC1. The van der Waals surface area contributed by atoms with E-state index in [1.807, 2.05) is 16.8 Å². The number of unbranched alkanes of at least 4 members (excludes halogenated alkanes) is 1. The summed E-state index contributed by atoms with van der Waals surface area (Å²) in [5, 5.41) is 2.87. The Morgan fingerprint density at radius 3 is 2.43 bits per heavy atom. The van der Waals surface area contributed by atoms with E-state index < -0.39 is 5.54 Å². The smallest absolute Gasteiger partial charge is 0.325 e. The lowest BCUT2D eigenvalue weighted by Gasteiger charge is -2.33. The van der Waals surface area contributed by atoms with Crippen LogP contribution in [0.25, 0.3) is 0 Å². The third-order valence-corrected chi connectivity index (χ3v) is 6.90. The van der Waals surface area contributed by atoms with Crippen LogP contribution >= 0.6 is 0 Å². The topological polar surface area (TPSA) is 90.0 Å². The number of rotatable bonds is 8. The minimum absolute atomic E-state index is 0.00410. The van der Waals surface area contributed by atoms with Gasteiger partial charge in [-0.05, 0) is 38.5 Å². The van der Waals surface area contributed by atoms with Crippen LogP contribution in [0, 0.1) is 5.92 Å². The predicted octanol–water partition coefficient (Wildman–Crippen LogP) is 2.13. The highest BCUT2D eigenvalue weighted by atomic mass is 16.2. The van der Waals surface area contributed by atoms with E-state index in [0.29, 0.717) is 51.6 Å². The molecule has 1 N–H and O–H groups in total. The van der Waals surface area contributed by atoms with Gasteiger partial charge >= 0.3 is 6.03 Å². The molecule has 8 heteroatoms. The molecule has 0 atom stereocenters. The maximum Gasteiger partial charge on any atom is 0.325 e. The number of likely N-dealkylation sites (tertiary alicyclic amines) is 1. The summed E-state index contributed by atoms with van der Waals surface area (Å²) in [5.41, 5.74) is -0.681. The number of nitrogens with one attached hydrogen (secondary N) is 1. The van der Waals surface area contributed by atoms with Gasteiger partial charge in [-0.3, -0.25) is 19.3 Å². The minimum atomic E-state index is -0.681. The summed E-state index contributed by atoms with van der Waals surface area (Å²) in [6, 6.07) is -0.319. The van der Waals surface area contributed by atoms with Crippen molar-refractivity contribution in [3.8, 4) is 0 Å². The molecule has 0 aromatic carbocycles. The van der Waals surface area contributed by atoms with Gasteiger partial charge in [-0.25, -0.2) is 4.79 Å². The first-order chi connectivity index (χ1) is 14.4. The van der Waals surface area contributed by atoms with Crippen molar-refractivity contribution in [2.45, 2.75) is 76.7 Å². The molecule has 8 nitrogen and oxygen atoms in total. The third kappa shape index (κ3) is 4.78. The Hall–Kier alpha value is -2.12. The quantitative estimate of drug-likeness (QED) is 0.609. The molecule has 0 aromatic rings. The number of amides is 5. The lowest BCUT2D eigenvalue weighted by atomic mass is 9.95. The standard InChI is InChI=1S/C22H36N4O4/c1-3-4-13-24(2)19(28)17-9-15-25(16-10-17)18(27)8-7-14-26-20(29)22(23-21(26)30)11-5-6-12-22/h17H,3-16H2,1-2H3,(H,23,30). The summed E-state index contributed by atoms with van der Waals surface area (Å²) in [5.74, 6) is 0.117. The van der Waals surface area contributed by atoms with E-state index in [0.717, 1.165) is 32.2 Å².